The third-order valence-corrected chi connectivity index (χ3v) is 2.39. The highest BCUT2D eigenvalue weighted by molar-refractivity contribution is 5.61. The van der Waals surface area contributed by atoms with E-state index < -0.39 is 0 Å². The Labute approximate surface area is 90.2 Å². The van der Waals surface area contributed by atoms with Gasteiger partial charge in [-0.15, -0.1) is 0 Å². The molecule has 15 heavy (non-hydrogen) atoms. The van der Waals surface area contributed by atoms with E-state index in [4.69, 9.17) is 0 Å². The normalized spacial score (nSPS) is 10.2. The van der Waals surface area contributed by atoms with Gasteiger partial charge in [0.2, 0.25) is 0 Å². The number of hydrogen-bond acceptors (Lipinski definition) is 1. The van der Waals surface area contributed by atoms with Gasteiger partial charge in [-0.05, 0) is 23.3 Å². The Balaban J connectivity index is 2.24. The van der Waals surface area contributed by atoms with Gasteiger partial charge >= 0.3 is 0 Å². The molecule has 0 radical (unpaired) electrons. The minimum atomic E-state index is 1.08. The van der Waals surface area contributed by atoms with Crippen LogP contribution in [0, 0.1) is 0 Å². The predicted molar refractivity (Wildman–Crippen MR) is 60.2 cm³/mol. The van der Waals surface area contributed by atoms with Crippen LogP contribution < -0.4 is 4.57 Å². The third-order valence-electron chi connectivity index (χ3n) is 2.39. The predicted octanol–water partition coefficient (Wildman–Crippen LogP) is 2.45. The van der Waals surface area contributed by atoms with Gasteiger partial charge in [-0.1, -0.05) is 6.92 Å². The van der Waals surface area contributed by atoms with Crippen molar-refractivity contribution in [3.63, 3.8) is 0 Å². The first-order chi connectivity index (χ1) is 7.40. The molecule has 2 nitrogen and oxygen atoms in total. The van der Waals surface area contributed by atoms with Crippen LogP contribution in [0.1, 0.15) is 13.3 Å². The monoisotopic (exact) mass is 199 g/mol. The van der Waals surface area contributed by atoms with Gasteiger partial charge in [-0.3, -0.25) is 4.98 Å². The fraction of sp³-hybridized carbons (Fsp3) is 0.231. The van der Waals surface area contributed by atoms with Gasteiger partial charge in [-0.25, -0.2) is 4.57 Å². The first-order valence-corrected chi connectivity index (χ1v) is 5.29. The summed E-state index contributed by atoms with van der Waals surface area (Å²) < 4.78 is 2.20. The molecule has 0 saturated carbocycles. The molecule has 2 rings (SSSR count). The Morgan fingerprint density at radius 1 is 1.00 bits per heavy atom. The molecule has 2 heterocycles. The maximum atomic E-state index is 4.01. The first kappa shape index (κ1) is 9.84. The van der Waals surface area contributed by atoms with Gasteiger partial charge in [0.25, 0.3) is 0 Å². The molecule has 76 valence electrons. The number of nitrogens with zero attached hydrogens (tertiary/aromatic N) is 2. The molecular weight excluding hydrogens is 184 g/mol. The van der Waals surface area contributed by atoms with Crippen LogP contribution in [0.2, 0.25) is 0 Å². The van der Waals surface area contributed by atoms with Crippen LogP contribution in [-0.2, 0) is 6.54 Å². The summed E-state index contributed by atoms with van der Waals surface area (Å²) in [6.45, 7) is 3.26. The van der Waals surface area contributed by atoms with Crippen molar-refractivity contribution in [3.8, 4) is 11.1 Å². The molecule has 0 unspecified atom stereocenters. The van der Waals surface area contributed by atoms with Gasteiger partial charge in [0, 0.05) is 30.9 Å². The van der Waals surface area contributed by atoms with Crippen molar-refractivity contribution in [3.05, 3.63) is 49.1 Å². The average Bonchev–Trinajstić information content (AvgIpc) is 2.32. The molecule has 2 aromatic heterocycles. The van der Waals surface area contributed by atoms with Crippen molar-refractivity contribution >= 4 is 0 Å². The van der Waals surface area contributed by atoms with E-state index in [0.29, 0.717) is 0 Å². The third kappa shape index (κ3) is 2.40. The quantitative estimate of drug-likeness (QED) is 0.694. The van der Waals surface area contributed by atoms with Crippen molar-refractivity contribution in [2.75, 3.05) is 0 Å². The highest BCUT2D eigenvalue weighted by Gasteiger charge is 2.00. The second-order valence-electron chi connectivity index (χ2n) is 3.56. The molecule has 0 saturated heterocycles. The zero-order valence-corrected chi connectivity index (χ0v) is 8.93. The molecule has 0 aromatic carbocycles. The van der Waals surface area contributed by atoms with Gasteiger partial charge in [-0.2, -0.15) is 0 Å². The lowest BCUT2D eigenvalue weighted by Gasteiger charge is -1.99. The number of pyridine rings is 2. The van der Waals surface area contributed by atoms with Crippen LogP contribution in [0.3, 0.4) is 0 Å². The molecule has 0 fully saturated rings. The number of rotatable bonds is 3. The van der Waals surface area contributed by atoms with Crippen molar-refractivity contribution in [2.45, 2.75) is 19.9 Å². The summed E-state index contributed by atoms with van der Waals surface area (Å²) in [5.41, 5.74) is 2.46. The molecule has 0 N–H and O–H groups in total. The molecule has 2 aromatic rings. The average molecular weight is 199 g/mol. The highest BCUT2D eigenvalue weighted by atomic mass is 14.9. The van der Waals surface area contributed by atoms with E-state index in [1.54, 1.807) is 0 Å². The topological polar surface area (TPSA) is 16.8 Å². The van der Waals surface area contributed by atoms with E-state index in [1.807, 2.05) is 24.5 Å². The fourth-order valence-electron chi connectivity index (χ4n) is 1.60. The van der Waals surface area contributed by atoms with Crippen molar-refractivity contribution in [2.24, 2.45) is 0 Å². The smallest absolute Gasteiger partial charge is 0.169 e. The molecule has 0 atom stereocenters. The zero-order valence-electron chi connectivity index (χ0n) is 8.93. The number of aryl methyl sites for hydroxylation is 1. The van der Waals surface area contributed by atoms with E-state index in [-0.39, 0.29) is 0 Å². The standard InChI is InChI=1S/C13H15N2/c1-2-9-15-10-5-13(6-11-15)12-3-7-14-8-4-12/h3-8,10-11H,2,9H2,1H3/q+1. The fourth-order valence-corrected chi connectivity index (χ4v) is 1.60. The first-order valence-electron chi connectivity index (χ1n) is 5.29. The van der Waals surface area contributed by atoms with Gasteiger partial charge in [0.15, 0.2) is 12.4 Å². The SMILES string of the molecule is CCC[n+]1ccc(-c2ccncc2)cc1. The van der Waals surface area contributed by atoms with Crippen LogP contribution in [0.15, 0.2) is 49.1 Å². The molecular formula is C13H15N2+. The minimum Gasteiger partial charge on any atom is -0.265 e. The maximum Gasteiger partial charge on any atom is 0.169 e. The molecule has 0 aliphatic carbocycles. The van der Waals surface area contributed by atoms with Gasteiger partial charge in [0.05, 0.1) is 0 Å². The van der Waals surface area contributed by atoms with Gasteiger partial charge in [0.1, 0.15) is 6.54 Å². The van der Waals surface area contributed by atoms with Gasteiger partial charge < -0.3 is 0 Å². The second-order valence-corrected chi connectivity index (χ2v) is 3.56. The Kier molecular flexibility index (Phi) is 3.08. The Morgan fingerprint density at radius 2 is 1.60 bits per heavy atom. The van der Waals surface area contributed by atoms with Crippen molar-refractivity contribution in [1.82, 2.24) is 4.98 Å². The highest BCUT2D eigenvalue weighted by Crippen LogP contribution is 2.15. The van der Waals surface area contributed by atoms with Crippen LogP contribution in [0.25, 0.3) is 11.1 Å². The van der Waals surface area contributed by atoms with Crippen molar-refractivity contribution in [1.29, 1.82) is 0 Å². The lowest BCUT2D eigenvalue weighted by Crippen LogP contribution is -2.31. The Morgan fingerprint density at radius 3 is 2.20 bits per heavy atom. The summed E-state index contributed by atoms with van der Waals surface area (Å²) in [6.07, 6.45) is 9.06. The molecule has 0 aliphatic rings. The Bertz CT molecular complexity index is 406. The van der Waals surface area contributed by atoms with E-state index in [0.717, 1.165) is 6.54 Å². The van der Waals surface area contributed by atoms with E-state index in [2.05, 4.69) is 41.0 Å². The maximum absolute atomic E-state index is 4.01. The minimum absolute atomic E-state index is 1.08. The van der Waals surface area contributed by atoms with Crippen LogP contribution in [0.4, 0.5) is 0 Å². The van der Waals surface area contributed by atoms with Crippen LogP contribution in [0.5, 0.6) is 0 Å². The Hall–Kier alpha value is -1.70. The molecule has 0 amide bonds. The summed E-state index contributed by atoms with van der Waals surface area (Å²) in [4.78, 5) is 4.01. The van der Waals surface area contributed by atoms with Crippen LogP contribution >= 0.6 is 0 Å². The molecule has 0 spiro atoms. The zero-order chi connectivity index (χ0) is 10.5. The molecule has 0 aliphatic heterocycles. The molecule has 0 bridgehead atoms. The molecule has 2 heteroatoms. The summed E-state index contributed by atoms with van der Waals surface area (Å²) in [5.74, 6) is 0. The summed E-state index contributed by atoms with van der Waals surface area (Å²) in [6, 6.07) is 8.34. The van der Waals surface area contributed by atoms with E-state index in [9.17, 15) is 0 Å². The van der Waals surface area contributed by atoms with E-state index >= 15 is 0 Å². The van der Waals surface area contributed by atoms with Crippen molar-refractivity contribution < 1.29 is 4.57 Å². The van der Waals surface area contributed by atoms with Crippen LogP contribution in [-0.4, -0.2) is 4.98 Å². The lowest BCUT2D eigenvalue weighted by atomic mass is 10.1. The lowest BCUT2D eigenvalue weighted by molar-refractivity contribution is -0.696. The summed E-state index contributed by atoms with van der Waals surface area (Å²) in [5, 5.41) is 0. The largest absolute Gasteiger partial charge is 0.265 e. The number of aromatic nitrogens is 2. The summed E-state index contributed by atoms with van der Waals surface area (Å²) >= 11 is 0. The second kappa shape index (κ2) is 4.69. The summed E-state index contributed by atoms with van der Waals surface area (Å²) in [7, 11) is 0. The number of hydrogen-bond donors (Lipinski definition) is 0. The van der Waals surface area contributed by atoms with E-state index in [1.165, 1.54) is 17.5 Å².